The summed E-state index contributed by atoms with van der Waals surface area (Å²) in [5.41, 5.74) is 4.41. The monoisotopic (exact) mass is 164 g/mol. The van der Waals surface area contributed by atoms with Gasteiger partial charge in [-0.3, -0.25) is 0 Å². The van der Waals surface area contributed by atoms with Crippen LogP contribution in [-0.4, -0.2) is 0 Å². The van der Waals surface area contributed by atoms with Crippen molar-refractivity contribution in [3.05, 3.63) is 17.9 Å². The Labute approximate surface area is 76.4 Å². The summed E-state index contributed by atoms with van der Waals surface area (Å²) in [4.78, 5) is 0. The predicted octanol–water partition coefficient (Wildman–Crippen LogP) is 3.93. The average molecular weight is 164 g/mol. The smallest absolute Gasteiger partial charge is 0.0130 e. The number of allylic oxidation sites excluding steroid dienone is 1. The molecule has 0 saturated heterocycles. The van der Waals surface area contributed by atoms with Crippen molar-refractivity contribution in [3.63, 3.8) is 0 Å². The van der Waals surface area contributed by atoms with Crippen molar-refractivity contribution >= 4 is 0 Å². The van der Waals surface area contributed by atoms with Gasteiger partial charge in [0.25, 0.3) is 0 Å². The summed E-state index contributed by atoms with van der Waals surface area (Å²) >= 11 is 0. The number of hydrogen-bond donors (Lipinski definition) is 0. The molecule has 0 heteroatoms. The molecule has 12 heavy (non-hydrogen) atoms. The Bertz CT molecular complexity index is 176. The maximum atomic E-state index is 3.71. The first-order chi connectivity index (χ1) is 5.77. The van der Waals surface area contributed by atoms with Gasteiger partial charge < -0.3 is 0 Å². The van der Waals surface area contributed by atoms with Crippen LogP contribution in [0.25, 0.3) is 0 Å². The second-order valence-electron chi connectivity index (χ2n) is 3.99. The van der Waals surface area contributed by atoms with Crippen LogP contribution >= 0.6 is 0 Å². The quantitative estimate of drug-likeness (QED) is 0.542. The molecule has 0 N–H and O–H groups in total. The van der Waals surface area contributed by atoms with E-state index in [0.29, 0.717) is 0 Å². The zero-order chi connectivity index (χ0) is 8.97. The summed E-state index contributed by atoms with van der Waals surface area (Å²) < 4.78 is 0. The average Bonchev–Trinajstić information content (AvgIpc) is 2.17. The van der Waals surface area contributed by atoms with Gasteiger partial charge in [0, 0.05) is 0 Å². The fourth-order valence-corrected chi connectivity index (χ4v) is 2.15. The molecule has 1 aliphatic carbocycles. The first-order valence-electron chi connectivity index (χ1n) is 5.14. The molecule has 1 aliphatic rings. The van der Waals surface area contributed by atoms with E-state index in [2.05, 4.69) is 26.2 Å². The van der Waals surface area contributed by atoms with Crippen LogP contribution in [0.4, 0.5) is 0 Å². The lowest BCUT2D eigenvalue weighted by molar-refractivity contribution is 0.295. The van der Waals surface area contributed by atoms with Gasteiger partial charge in [-0.05, 0) is 50.0 Å². The molecule has 0 aromatic heterocycles. The fourth-order valence-electron chi connectivity index (χ4n) is 2.15. The minimum atomic E-state index is 0.797. The Morgan fingerprint density at radius 2 is 1.92 bits per heavy atom. The highest BCUT2D eigenvalue weighted by Gasteiger charge is 2.20. The third-order valence-corrected chi connectivity index (χ3v) is 3.32. The third kappa shape index (κ3) is 2.25. The lowest BCUT2D eigenvalue weighted by Gasteiger charge is -2.27. The van der Waals surface area contributed by atoms with Crippen LogP contribution in [0, 0.1) is 11.8 Å². The number of rotatable bonds is 2. The molecule has 1 saturated carbocycles. The topological polar surface area (TPSA) is 0 Å². The predicted molar refractivity (Wildman–Crippen MR) is 54.1 cm³/mol. The highest BCUT2D eigenvalue weighted by Crippen LogP contribution is 2.33. The van der Waals surface area contributed by atoms with Gasteiger partial charge in [0.1, 0.15) is 0 Å². The van der Waals surface area contributed by atoms with Crippen molar-refractivity contribution < 1.29 is 0 Å². The summed E-state index contributed by atoms with van der Waals surface area (Å²) in [5.74, 6) is 1.80. The van der Waals surface area contributed by atoms with Gasteiger partial charge >= 0.3 is 0 Å². The van der Waals surface area contributed by atoms with E-state index in [9.17, 15) is 0 Å². The molecular formula is C12H20. The van der Waals surface area contributed by atoms with E-state index in [1.165, 1.54) is 37.7 Å². The summed E-state index contributed by atoms with van der Waals surface area (Å²) in [7, 11) is 0. The van der Waals surface area contributed by atoms with Crippen LogP contribution in [0.5, 0.6) is 0 Å². The zero-order valence-electron chi connectivity index (χ0n) is 8.40. The Morgan fingerprint density at radius 1 is 1.33 bits per heavy atom. The molecule has 0 bridgehead atoms. The van der Waals surface area contributed by atoms with Crippen LogP contribution in [0.2, 0.25) is 0 Å². The first-order valence-corrected chi connectivity index (χ1v) is 5.14. The molecule has 1 rings (SSSR count). The van der Waals surface area contributed by atoms with Gasteiger partial charge in [-0.1, -0.05) is 19.9 Å². The van der Waals surface area contributed by atoms with Gasteiger partial charge in [0.15, 0.2) is 0 Å². The normalized spacial score (nSPS) is 29.5. The first kappa shape index (κ1) is 9.61. The molecule has 1 fully saturated rings. The summed E-state index contributed by atoms with van der Waals surface area (Å²) in [6.07, 6.45) is 6.93. The van der Waals surface area contributed by atoms with Crippen LogP contribution < -0.4 is 0 Å². The SMILES string of the molecule is C=C=C(C)C1CCC(CC)CC1. The van der Waals surface area contributed by atoms with Crippen LogP contribution in [0.1, 0.15) is 46.0 Å². The van der Waals surface area contributed by atoms with E-state index in [-0.39, 0.29) is 0 Å². The summed E-state index contributed by atoms with van der Waals surface area (Å²) in [5, 5.41) is 0. The highest BCUT2D eigenvalue weighted by molar-refractivity contribution is 5.01. The maximum absolute atomic E-state index is 3.71. The molecule has 0 amide bonds. The van der Waals surface area contributed by atoms with Crippen molar-refractivity contribution in [1.82, 2.24) is 0 Å². The molecular weight excluding hydrogens is 144 g/mol. The molecule has 68 valence electrons. The molecule has 0 aromatic carbocycles. The molecule has 0 unspecified atom stereocenters. The second kappa shape index (κ2) is 4.52. The van der Waals surface area contributed by atoms with Crippen LogP contribution in [0.3, 0.4) is 0 Å². The van der Waals surface area contributed by atoms with E-state index in [1.807, 2.05) is 0 Å². The molecule has 0 aromatic rings. The molecule has 0 spiro atoms. The van der Waals surface area contributed by atoms with Gasteiger partial charge in [-0.25, -0.2) is 0 Å². The van der Waals surface area contributed by atoms with E-state index in [0.717, 1.165) is 11.8 Å². The molecule has 0 heterocycles. The van der Waals surface area contributed by atoms with Gasteiger partial charge in [0.05, 0.1) is 0 Å². The van der Waals surface area contributed by atoms with Crippen molar-refractivity contribution in [2.75, 3.05) is 0 Å². The Morgan fingerprint density at radius 3 is 2.33 bits per heavy atom. The summed E-state index contributed by atoms with van der Waals surface area (Å²) in [6, 6.07) is 0. The van der Waals surface area contributed by atoms with Crippen LogP contribution in [0.15, 0.2) is 17.9 Å². The van der Waals surface area contributed by atoms with E-state index in [1.54, 1.807) is 0 Å². The number of hydrogen-bond acceptors (Lipinski definition) is 0. The second-order valence-corrected chi connectivity index (χ2v) is 3.99. The lowest BCUT2D eigenvalue weighted by Crippen LogP contribution is -2.14. The summed E-state index contributed by atoms with van der Waals surface area (Å²) in [6.45, 7) is 8.19. The highest BCUT2D eigenvalue weighted by atomic mass is 14.2. The Hall–Kier alpha value is -0.480. The third-order valence-electron chi connectivity index (χ3n) is 3.32. The van der Waals surface area contributed by atoms with Gasteiger partial charge in [-0.2, -0.15) is 0 Å². The zero-order valence-corrected chi connectivity index (χ0v) is 8.40. The van der Waals surface area contributed by atoms with E-state index in [4.69, 9.17) is 0 Å². The minimum absolute atomic E-state index is 0.797. The minimum Gasteiger partial charge on any atom is -0.130 e. The Kier molecular flexibility index (Phi) is 3.62. The largest absolute Gasteiger partial charge is 0.130 e. The van der Waals surface area contributed by atoms with Gasteiger partial charge in [-0.15, -0.1) is 5.73 Å². The van der Waals surface area contributed by atoms with Crippen molar-refractivity contribution in [2.24, 2.45) is 11.8 Å². The molecule has 0 radical (unpaired) electrons. The lowest BCUT2D eigenvalue weighted by atomic mass is 9.78. The van der Waals surface area contributed by atoms with E-state index < -0.39 is 0 Å². The maximum Gasteiger partial charge on any atom is -0.0130 e. The molecule has 0 nitrogen and oxygen atoms in total. The standard InChI is InChI=1S/C12H20/c1-4-10(3)12-8-6-11(5-2)7-9-12/h11-12H,1,5-9H2,2-3H3. The van der Waals surface area contributed by atoms with Crippen molar-refractivity contribution in [2.45, 2.75) is 46.0 Å². The Balaban J connectivity index is 2.41. The van der Waals surface area contributed by atoms with Gasteiger partial charge in [0.2, 0.25) is 0 Å². The fraction of sp³-hybridized carbons (Fsp3) is 0.750. The van der Waals surface area contributed by atoms with E-state index >= 15 is 0 Å². The van der Waals surface area contributed by atoms with Crippen molar-refractivity contribution in [1.29, 1.82) is 0 Å². The molecule has 0 aliphatic heterocycles. The van der Waals surface area contributed by atoms with Crippen LogP contribution in [-0.2, 0) is 0 Å². The van der Waals surface area contributed by atoms with Crippen molar-refractivity contribution in [3.8, 4) is 0 Å². The molecule has 0 atom stereocenters.